The van der Waals surface area contributed by atoms with E-state index in [1.165, 1.54) is 16.8 Å². The van der Waals surface area contributed by atoms with E-state index in [0.29, 0.717) is 6.04 Å². The van der Waals surface area contributed by atoms with Crippen molar-refractivity contribution in [2.45, 2.75) is 25.9 Å². The summed E-state index contributed by atoms with van der Waals surface area (Å²) >= 11 is 0. The van der Waals surface area contributed by atoms with Gasteiger partial charge in [0.25, 0.3) is 0 Å². The van der Waals surface area contributed by atoms with Crippen molar-refractivity contribution in [2.24, 2.45) is 0 Å². The largest absolute Gasteiger partial charge is 0.364 e. The minimum Gasteiger partial charge on any atom is -0.364 e. The summed E-state index contributed by atoms with van der Waals surface area (Å²) in [5.41, 5.74) is 4.00. The predicted octanol–water partition coefficient (Wildman–Crippen LogP) is 5.32. The van der Waals surface area contributed by atoms with Gasteiger partial charge in [-0.15, -0.1) is 0 Å². The molecule has 0 spiro atoms. The highest BCUT2D eigenvalue weighted by atomic mass is 15.2. The van der Waals surface area contributed by atoms with Crippen molar-refractivity contribution in [3.8, 4) is 0 Å². The van der Waals surface area contributed by atoms with Crippen molar-refractivity contribution in [3.05, 3.63) is 102 Å². The van der Waals surface area contributed by atoms with Crippen molar-refractivity contribution in [2.75, 3.05) is 4.90 Å². The van der Waals surface area contributed by atoms with Crippen LogP contribution < -0.4 is 4.90 Å². The lowest BCUT2D eigenvalue weighted by Gasteiger charge is -2.32. The van der Waals surface area contributed by atoms with E-state index in [2.05, 4.69) is 103 Å². The fourth-order valence-corrected chi connectivity index (χ4v) is 2.97. The van der Waals surface area contributed by atoms with Crippen molar-refractivity contribution < 1.29 is 0 Å². The van der Waals surface area contributed by atoms with Crippen LogP contribution in [-0.4, -0.2) is 6.04 Å². The molecule has 1 atom stereocenters. The minimum absolute atomic E-state index is 0.431. The molecule has 0 bridgehead atoms. The predicted molar refractivity (Wildman–Crippen MR) is 98.7 cm³/mol. The summed E-state index contributed by atoms with van der Waals surface area (Å²) in [6, 6.07) is 32.6. The molecule has 0 saturated carbocycles. The third-order valence-electron chi connectivity index (χ3n) is 4.19. The molecule has 0 heterocycles. The topological polar surface area (TPSA) is 3.24 Å². The third-order valence-corrected chi connectivity index (χ3v) is 4.19. The number of hydrogen-bond acceptors (Lipinski definition) is 1. The maximum Gasteiger partial charge on any atom is 0.0432 e. The molecular formula is C22H23N. The number of benzene rings is 3. The second kappa shape index (κ2) is 7.64. The Balaban J connectivity index is 1.82. The zero-order valence-electron chi connectivity index (χ0n) is 13.6. The molecule has 0 radical (unpaired) electrons. The SMILES string of the molecule is CC(Cc1ccccc1)N(Cc1ccccc1)c1ccccc1. The van der Waals surface area contributed by atoms with E-state index >= 15 is 0 Å². The number of rotatable bonds is 6. The molecule has 0 aliphatic rings. The van der Waals surface area contributed by atoms with E-state index in [4.69, 9.17) is 0 Å². The number of hydrogen-bond donors (Lipinski definition) is 0. The van der Waals surface area contributed by atoms with E-state index in [0.717, 1.165) is 13.0 Å². The van der Waals surface area contributed by atoms with E-state index in [1.54, 1.807) is 0 Å². The van der Waals surface area contributed by atoms with Gasteiger partial charge in [0, 0.05) is 18.3 Å². The second-order valence-electron chi connectivity index (χ2n) is 5.99. The van der Waals surface area contributed by atoms with Crippen LogP contribution in [0, 0.1) is 0 Å². The summed E-state index contributed by atoms with van der Waals surface area (Å²) in [4.78, 5) is 2.49. The van der Waals surface area contributed by atoms with Gasteiger partial charge in [0.05, 0.1) is 0 Å². The molecule has 0 aliphatic heterocycles. The standard InChI is InChI=1S/C22H23N/c1-19(17-20-11-5-2-6-12-20)23(22-15-9-4-10-16-22)18-21-13-7-3-8-14-21/h2-16,19H,17-18H2,1H3. The lowest BCUT2D eigenvalue weighted by molar-refractivity contribution is 0.629. The Bertz CT molecular complexity index is 692. The first-order valence-corrected chi connectivity index (χ1v) is 8.22. The van der Waals surface area contributed by atoms with Crippen molar-refractivity contribution in [3.63, 3.8) is 0 Å². The lowest BCUT2D eigenvalue weighted by Crippen LogP contribution is -2.34. The van der Waals surface area contributed by atoms with Crippen LogP contribution in [0.4, 0.5) is 5.69 Å². The summed E-state index contributed by atoms with van der Waals surface area (Å²) in [6.07, 6.45) is 1.04. The first-order valence-electron chi connectivity index (χ1n) is 8.22. The molecule has 0 aliphatic carbocycles. The second-order valence-corrected chi connectivity index (χ2v) is 5.99. The Labute approximate surface area is 139 Å². The molecule has 0 fully saturated rings. The number of anilines is 1. The Morgan fingerprint density at radius 3 is 1.70 bits per heavy atom. The normalized spacial score (nSPS) is 11.9. The van der Waals surface area contributed by atoms with E-state index in [9.17, 15) is 0 Å². The molecule has 1 unspecified atom stereocenters. The lowest BCUT2D eigenvalue weighted by atomic mass is 10.0. The molecule has 1 heteroatoms. The molecule has 116 valence electrons. The van der Waals surface area contributed by atoms with Gasteiger partial charge < -0.3 is 4.90 Å². The van der Waals surface area contributed by atoms with Crippen molar-refractivity contribution in [1.82, 2.24) is 0 Å². The maximum absolute atomic E-state index is 2.49. The van der Waals surface area contributed by atoms with Gasteiger partial charge >= 0.3 is 0 Å². The van der Waals surface area contributed by atoms with Gasteiger partial charge in [-0.05, 0) is 36.6 Å². The maximum atomic E-state index is 2.49. The van der Waals surface area contributed by atoms with Gasteiger partial charge in [-0.2, -0.15) is 0 Å². The molecule has 0 saturated heterocycles. The quantitative estimate of drug-likeness (QED) is 0.595. The molecule has 0 aromatic heterocycles. The van der Waals surface area contributed by atoms with Gasteiger partial charge in [-0.1, -0.05) is 78.9 Å². The zero-order chi connectivity index (χ0) is 15.9. The van der Waals surface area contributed by atoms with Gasteiger partial charge in [0.2, 0.25) is 0 Å². The molecule has 23 heavy (non-hydrogen) atoms. The first kappa shape index (κ1) is 15.4. The average Bonchev–Trinajstić information content (AvgIpc) is 2.62. The minimum atomic E-state index is 0.431. The molecule has 1 nitrogen and oxygen atoms in total. The Kier molecular flexibility index (Phi) is 5.10. The van der Waals surface area contributed by atoms with Crippen LogP contribution in [0.5, 0.6) is 0 Å². The summed E-state index contributed by atoms with van der Waals surface area (Å²) in [7, 11) is 0. The van der Waals surface area contributed by atoms with Crippen LogP contribution in [0.15, 0.2) is 91.0 Å². The van der Waals surface area contributed by atoms with Gasteiger partial charge in [-0.3, -0.25) is 0 Å². The first-order chi connectivity index (χ1) is 11.3. The molecule has 0 amide bonds. The highest BCUT2D eigenvalue weighted by Gasteiger charge is 2.15. The third kappa shape index (κ3) is 4.23. The van der Waals surface area contributed by atoms with E-state index in [1.807, 2.05) is 0 Å². The van der Waals surface area contributed by atoms with Crippen molar-refractivity contribution >= 4 is 5.69 Å². The van der Waals surface area contributed by atoms with Crippen LogP contribution in [0.1, 0.15) is 18.1 Å². The van der Waals surface area contributed by atoms with Gasteiger partial charge in [-0.25, -0.2) is 0 Å². The summed E-state index contributed by atoms with van der Waals surface area (Å²) in [5, 5.41) is 0. The van der Waals surface area contributed by atoms with E-state index in [-0.39, 0.29) is 0 Å². The highest BCUT2D eigenvalue weighted by Crippen LogP contribution is 2.21. The highest BCUT2D eigenvalue weighted by molar-refractivity contribution is 5.48. The average molecular weight is 301 g/mol. The molecule has 0 N–H and O–H groups in total. The molecule has 3 aromatic carbocycles. The fraction of sp³-hybridized carbons (Fsp3) is 0.182. The summed E-state index contributed by atoms with van der Waals surface area (Å²) in [6.45, 7) is 3.24. The van der Waals surface area contributed by atoms with Gasteiger partial charge in [0.15, 0.2) is 0 Å². The number of para-hydroxylation sites is 1. The molecule has 3 aromatic rings. The van der Waals surface area contributed by atoms with Crippen LogP contribution in [0.3, 0.4) is 0 Å². The van der Waals surface area contributed by atoms with Gasteiger partial charge in [0.1, 0.15) is 0 Å². The van der Waals surface area contributed by atoms with Crippen LogP contribution in [0.2, 0.25) is 0 Å². The zero-order valence-corrected chi connectivity index (χ0v) is 13.6. The van der Waals surface area contributed by atoms with Crippen LogP contribution in [-0.2, 0) is 13.0 Å². The Morgan fingerprint density at radius 2 is 1.13 bits per heavy atom. The fourth-order valence-electron chi connectivity index (χ4n) is 2.97. The van der Waals surface area contributed by atoms with Crippen molar-refractivity contribution in [1.29, 1.82) is 0 Å². The van der Waals surface area contributed by atoms with E-state index < -0.39 is 0 Å². The number of nitrogens with zero attached hydrogens (tertiary/aromatic N) is 1. The smallest absolute Gasteiger partial charge is 0.0432 e. The Hall–Kier alpha value is -2.54. The molecular weight excluding hydrogens is 278 g/mol. The summed E-state index contributed by atoms with van der Waals surface area (Å²) in [5.74, 6) is 0. The van der Waals surface area contributed by atoms with Crippen LogP contribution in [0.25, 0.3) is 0 Å². The molecule has 3 rings (SSSR count). The monoisotopic (exact) mass is 301 g/mol. The summed E-state index contributed by atoms with van der Waals surface area (Å²) < 4.78 is 0. The Morgan fingerprint density at radius 1 is 0.652 bits per heavy atom. The van der Waals surface area contributed by atoms with Crippen LogP contribution >= 0.6 is 0 Å².